The predicted octanol–water partition coefficient (Wildman–Crippen LogP) is 2.94. The molecule has 1 aliphatic rings. The molecule has 6 heteroatoms. The molecule has 1 aromatic carbocycles. The fourth-order valence-corrected chi connectivity index (χ4v) is 3.63. The Morgan fingerprint density at radius 3 is 2.67 bits per heavy atom. The van der Waals surface area contributed by atoms with Gasteiger partial charge in [-0.25, -0.2) is 5.48 Å². The van der Waals surface area contributed by atoms with Crippen molar-refractivity contribution >= 4 is 17.7 Å². The Labute approximate surface area is 145 Å². The number of carbonyl (C=O) groups excluding carboxylic acids is 1. The van der Waals surface area contributed by atoms with Gasteiger partial charge in [-0.1, -0.05) is 42.5 Å². The lowest BCUT2D eigenvalue weighted by Crippen LogP contribution is -2.18. The summed E-state index contributed by atoms with van der Waals surface area (Å²) in [6.07, 6.45) is 4.45. The average Bonchev–Trinajstić information content (AvgIpc) is 3.13. The zero-order chi connectivity index (χ0) is 16.8. The Bertz CT molecular complexity index is 717. The number of pyridine rings is 1. The van der Waals surface area contributed by atoms with E-state index in [0.717, 1.165) is 30.8 Å². The first-order chi connectivity index (χ1) is 11.8. The summed E-state index contributed by atoms with van der Waals surface area (Å²) in [5.74, 6) is -0.454. The molecule has 2 heterocycles. The van der Waals surface area contributed by atoms with Crippen molar-refractivity contribution in [2.45, 2.75) is 24.8 Å². The normalized spacial score (nSPS) is 16.7. The summed E-state index contributed by atoms with van der Waals surface area (Å²) in [4.78, 5) is 16.5. The molecule has 0 saturated heterocycles. The molecule has 1 amide bonds. The second-order valence-electron chi connectivity index (χ2n) is 5.53. The molecule has 3 rings (SSSR count). The summed E-state index contributed by atoms with van der Waals surface area (Å²) in [7, 11) is 0. The number of allylic oxidation sites excluding steroid dienone is 1. The van der Waals surface area contributed by atoms with Crippen molar-refractivity contribution < 1.29 is 10.0 Å². The van der Waals surface area contributed by atoms with Gasteiger partial charge in [-0.15, -0.1) is 11.8 Å². The molecule has 0 radical (unpaired) electrons. The molecule has 0 aliphatic carbocycles. The van der Waals surface area contributed by atoms with Gasteiger partial charge in [0.05, 0.1) is 15.8 Å². The third-order valence-corrected chi connectivity index (χ3v) is 5.11. The summed E-state index contributed by atoms with van der Waals surface area (Å²) in [6, 6.07) is 14.3. The third-order valence-electron chi connectivity index (χ3n) is 3.79. The number of rotatable bonds is 6. The number of benzene rings is 1. The Morgan fingerprint density at radius 2 is 1.96 bits per heavy atom. The van der Waals surface area contributed by atoms with Gasteiger partial charge in [0.25, 0.3) is 5.91 Å². The summed E-state index contributed by atoms with van der Waals surface area (Å²) >= 11 is 1.43. The molecule has 0 fully saturated rings. The molecule has 3 N–H and O–H groups in total. The van der Waals surface area contributed by atoms with Gasteiger partial charge in [0.15, 0.2) is 0 Å². The van der Waals surface area contributed by atoms with Crippen LogP contribution in [0.15, 0.2) is 59.6 Å². The molecule has 0 spiro atoms. The van der Waals surface area contributed by atoms with E-state index in [9.17, 15) is 4.79 Å². The van der Waals surface area contributed by atoms with Crippen LogP contribution in [-0.2, 0) is 17.9 Å². The maximum atomic E-state index is 11.4. The maximum absolute atomic E-state index is 11.4. The van der Waals surface area contributed by atoms with Crippen LogP contribution < -0.4 is 10.8 Å². The SMILES string of the molecule is O=C(NO)C1=CCC(c2ccc(CNCc3ccccc3)cn2)S1. The fraction of sp³-hybridized carbons (Fsp3) is 0.222. The highest BCUT2D eigenvalue weighted by Gasteiger charge is 2.24. The number of amides is 1. The van der Waals surface area contributed by atoms with Crippen molar-refractivity contribution in [3.05, 3.63) is 76.5 Å². The smallest absolute Gasteiger partial charge is 0.280 e. The number of nitrogens with zero attached hydrogens (tertiary/aromatic N) is 1. The second-order valence-corrected chi connectivity index (χ2v) is 6.78. The zero-order valence-electron chi connectivity index (χ0n) is 13.1. The Kier molecular flexibility index (Phi) is 5.63. The van der Waals surface area contributed by atoms with E-state index < -0.39 is 5.91 Å². The monoisotopic (exact) mass is 341 g/mol. The lowest BCUT2D eigenvalue weighted by atomic mass is 10.1. The summed E-state index contributed by atoms with van der Waals surface area (Å²) in [6.45, 7) is 1.58. The Hall–Kier alpha value is -2.15. The molecule has 1 atom stereocenters. The van der Waals surface area contributed by atoms with Crippen LogP contribution in [0.1, 0.15) is 28.5 Å². The van der Waals surface area contributed by atoms with Crippen LogP contribution in [0.3, 0.4) is 0 Å². The molecule has 1 aliphatic heterocycles. The van der Waals surface area contributed by atoms with Crippen molar-refractivity contribution in [1.29, 1.82) is 0 Å². The lowest BCUT2D eigenvalue weighted by molar-refractivity contribution is -0.124. The van der Waals surface area contributed by atoms with Crippen molar-refractivity contribution in [3.8, 4) is 0 Å². The van der Waals surface area contributed by atoms with Gasteiger partial charge in [0.1, 0.15) is 0 Å². The van der Waals surface area contributed by atoms with Crippen LogP contribution in [-0.4, -0.2) is 16.1 Å². The van der Waals surface area contributed by atoms with Crippen LogP contribution in [0.4, 0.5) is 0 Å². The zero-order valence-corrected chi connectivity index (χ0v) is 13.9. The highest BCUT2D eigenvalue weighted by molar-refractivity contribution is 8.04. The highest BCUT2D eigenvalue weighted by atomic mass is 32.2. The van der Waals surface area contributed by atoms with E-state index in [1.54, 1.807) is 5.48 Å². The van der Waals surface area contributed by atoms with Crippen LogP contribution in [0.5, 0.6) is 0 Å². The van der Waals surface area contributed by atoms with Crippen LogP contribution in [0.2, 0.25) is 0 Å². The van der Waals surface area contributed by atoms with Crippen molar-refractivity contribution in [3.63, 3.8) is 0 Å². The van der Waals surface area contributed by atoms with Gasteiger partial charge in [-0.05, 0) is 23.6 Å². The van der Waals surface area contributed by atoms with E-state index in [-0.39, 0.29) is 5.25 Å². The first-order valence-corrected chi connectivity index (χ1v) is 8.65. The van der Waals surface area contributed by atoms with Gasteiger partial charge in [-0.3, -0.25) is 15.0 Å². The van der Waals surface area contributed by atoms with Crippen LogP contribution in [0.25, 0.3) is 0 Å². The first-order valence-electron chi connectivity index (χ1n) is 7.77. The van der Waals surface area contributed by atoms with Gasteiger partial charge in [0, 0.05) is 19.3 Å². The molecule has 1 aromatic heterocycles. The molecular weight excluding hydrogens is 322 g/mol. The number of hydroxylamine groups is 1. The number of thioether (sulfide) groups is 1. The van der Waals surface area contributed by atoms with E-state index in [2.05, 4.69) is 28.5 Å². The average molecular weight is 341 g/mol. The minimum absolute atomic E-state index is 0.128. The third kappa shape index (κ3) is 4.23. The lowest BCUT2D eigenvalue weighted by Gasteiger charge is -2.10. The topological polar surface area (TPSA) is 74.2 Å². The highest BCUT2D eigenvalue weighted by Crippen LogP contribution is 2.42. The van der Waals surface area contributed by atoms with Gasteiger partial charge >= 0.3 is 0 Å². The molecule has 0 bridgehead atoms. The standard InChI is InChI=1S/C18H19N3O2S/c22-18(21-23)17-9-8-16(24-17)15-7-6-14(12-20-15)11-19-10-13-4-2-1-3-5-13/h1-7,9,12,16,19,23H,8,10-11H2,(H,21,22). The Morgan fingerprint density at radius 1 is 1.17 bits per heavy atom. The molecular formula is C18H19N3O2S. The maximum Gasteiger partial charge on any atom is 0.280 e. The number of nitrogens with one attached hydrogen (secondary N) is 2. The molecule has 5 nitrogen and oxygen atoms in total. The number of aromatic nitrogens is 1. The Balaban J connectivity index is 1.50. The molecule has 2 aromatic rings. The molecule has 24 heavy (non-hydrogen) atoms. The van der Waals surface area contributed by atoms with E-state index in [1.165, 1.54) is 17.3 Å². The minimum atomic E-state index is -0.454. The summed E-state index contributed by atoms with van der Waals surface area (Å²) < 4.78 is 0. The number of hydrogen-bond acceptors (Lipinski definition) is 5. The quantitative estimate of drug-likeness (QED) is 0.556. The predicted molar refractivity (Wildman–Crippen MR) is 94.2 cm³/mol. The summed E-state index contributed by atoms with van der Waals surface area (Å²) in [5.41, 5.74) is 4.99. The van der Waals surface area contributed by atoms with Crippen LogP contribution in [0, 0.1) is 0 Å². The second kappa shape index (κ2) is 8.10. The van der Waals surface area contributed by atoms with Crippen molar-refractivity contribution in [2.75, 3.05) is 0 Å². The fourth-order valence-electron chi connectivity index (χ4n) is 2.52. The summed E-state index contributed by atoms with van der Waals surface area (Å²) in [5, 5.41) is 12.2. The van der Waals surface area contributed by atoms with Gasteiger partial charge in [-0.2, -0.15) is 0 Å². The van der Waals surface area contributed by atoms with Crippen molar-refractivity contribution in [2.24, 2.45) is 0 Å². The molecule has 124 valence electrons. The van der Waals surface area contributed by atoms with Gasteiger partial charge < -0.3 is 5.32 Å². The minimum Gasteiger partial charge on any atom is -0.309 e. The van der Waals surface area contributed by atoms with E-state index in [1.807, 2.05) is 36.5 Å². The molecule has 0 saturated carbocycles. The van der Waals surface area contributed by atoms with Crippen molar-refractivity contribution in [1.82, 2.24) is 15.8 Å². The van der Waals surface area contributed by atoms with E-state index in [4.69, 9.17) is 5.21 Å². The van der Waals surface area contributed by atoms with E-state index in [0.29, 0.717) is 4.91 Å². The first kappa shape index (κ1) is 16.7. The van der Waals surface area contributed by atoms with E-state index >= 15 is 0 Å². The van der Waals surface area contributed by atoms with Gasteiger partial charge in [0.2, 0.25) is 0 Å². The number of hydrogen-bond donors (Lipinski definition) is 3. The largest absolute Gasteiger partial charge is 0.309 e. The number of carbonyl (C=O) groups is 1. The van der Waals surface area contributed by atoms with Crippen LogP contribution >= 0.6 is 11.8 Å². The molecule has 1 unspecified atom stereocenters.